The summed E-state index contributed by atoms with van der Waals surface area (Å²) in [6.07, 6.45) is 0. The fourth-order valence-electron chi connectivity index (χ4n) is 1.53. The van der Waals surface area contributed by atoms with E-state index in [9.17, 15) is 5.21 Å². The maximum atomic E-state index is 9.55. The van der Waals surface area contributed by atoms with Crippen LogP contribution in [-0.4, -0.2) is 27.1 Å². The smallest absolute Gasteiger partial charge is 0.429 e. The Labute approximate surface area is 81.1 Å². The lowest BCUT2D eigenvalue weighted by Gasteiger charge is -2.00. The van der Waals surface area contributed by atoms with Crippen molar-refractivity contribution in [1.82, 2.24) is 4.73 Å². The molecule has 0 aliphatic carbocycles. The van der Waals surface area contributed by atoms with Gasteiger partial charge in [-0.2, -0.15) is 4.73 Å². The zero-order valence-corrected chi connectivity index (χ0v) is 7.68. The topological polar surface area (TPSA) is 65.6 Å². The van der Waals surface area contributed by atoms with Gasteiger partial charge in [-0.1, -0.05) is 11.6 Å². The van der Waals surface area contributed by atoms with E-state index in [2.05, 4.69) is 0 Å². The van der Waals surface area contributed by atoms with Gasteiger partial charge in [0, 0.05) is 5.39 Å². The quantitative estimate of drug-likeness (QED) is 0.434. The Hall–Kier alpha value is -1.46. The molecule has 14 heavy (non-hydrogen) atoms. The van der Waals surface area contributed by atoms with Crippen molar-refractivity contribution < 1.29 is 15.3 Å². The molecule has 0 atom stereocenters. The largest absolute Gasteiger partial charge is 0.509 e. The molecule has 0 saturated carbocycles. The fourth-order valence-corrected chi connectivity index (χ4v) is 1.53. The SMILES string of the molecule is Cc1ccc2c(c1)cc(B(O)O)n2O. The normalized spacial score (nSPS) is 10.8. The Balaban J connectivity index is 2.73. The van der Waals surface area contributed by atoms with Crippen LogP contribution in [0.25, 0.3) is 10.9 Å². The Kier molecular flexibility index (Phi) is 1.98. The summed E-state index contributed by atoms with van der Waals surface area (Å²) in [5.74, 6) is 0. The molecule has 0 spiro atoms. The first-order valence-electron chi connectivity index (χ1n) is 4.27. The van der Waals surface area contributed by atoms with Crippen molar-refractivity contribution in [2.45, 2.75) is 6.92 Å². The molecule has 2 rings (SSSR count). The molecule has 1 aromatic heterocycles. The van der Waals surface area contributed by atoms with Crippen LogP contribution >= 0.6 is 0 Å². The lowest BCUT2D eigenvalue weighted by Crippen LogP contribution is -2.35. The summed E-state index contributed by atoms with van der Waals surface area (Å²) < 4.78 is 0.791. The highest BCUT2D eigenvalue weighted by molar-refractivity contribution is 6.58. The Morgan fingerprint density at radius 1 is 1.21 bits per heavy atom. The van der Waals surface area contributed by atoms with E-state index < -0.39 is 7.12 Å². The molecule has 4 nitrogen and oxygen atoms in total. The number of hydrogen-bond donors (Lipinski definition) is 3. The van der Waals surface area contributed by atoms with E-state index in [0.717, 1.165) is 15.7 Å². The zero-order valence-electron chi connectivity index (χ0n) is 7.68. The number of rotatable bonds is 1. The van der Waals surface area contributed by atoms with Gasteiger partial charge in [-0.3, -0.25) is 0 Å². The van der Waals surface area contributed by atoms with Crippen molar-refractivity contribution in [3.05, 3.63) is 29.8 Å². The first-order valence-corrected chi connectivity index (χ1v) is 4.27. The van der Waals surface area contributed by atoms with Gasteiger partial charge in [0.15, 0.2) is 0 Å². The molecule has 0 radical (unpaired) electrons. The summed E-state index contributed by atoms with van der Waals surface area (Å²) in [5, 5.41) is 28.2. The van der Waals surface area contributed by atoms with Crippen LogP contribution in [-0.2, 0) is 0 Å². The van der Waals surface area contributed by atoms with Crippen molar-refractivity contribution >= 4 is 23.6 Å². The molecule has 0 bridgehead atoms. The molecule has 2 aromatic rings. The van der Waals surface area contributed by atoms with Gasteiger partial charge in [0.1, 0.15) is 0 Å². The molecule has 0 unspecified atom stereocenters. The summed E-state index contributed by atoms with van der Waals surface area (Å²) in [4.78, 5) is 0. The van der Waals surface area contributed by atoms with Crippen LogP contribution < -0.4 is 5.59 Å². The highest BCUT2D eigenvalue weighted by atomic mass is 16.5. The molecule has 72 valence electrons. The molecule has 0 saturated heterocycles. The summed E-state index contributed by atoms with van der Waals surface area (Å²) in [5.41, 5.74) is 1.70. The third-order valence-corrected chi connectivity index (χ3v) is 2.22. The van der Waals surface area contributed by atoms with E-state index in [-0.39, 0.29) is 5.59 Å². The van der Waals surface area contributed by atoms with E-state index >= 15 is 0 Å². The van der Waals surface area contributed by atoms with E-state index in [1.54, 1.807) is 12.1 Å². The molecule has 1 aromatic carbocycles. The average molecular weight is 191 g/mol. The Bertz CT molecular complexity index is 478. The summed E-state index contributed by atoms with van der Waals surface area (Å²) >= 11 is 0. The first-order chi connectivity index (χ1) is 6.59. The number of aryl methyl sites for hydroxylation is 1. The Morgan fingerprint density at radius 2 is 1.93 bits per heavy atom. The van der Waals surface area contributed by atoms with E-state index in [1.807, 2.05) is 19.1 Å². The molecule has 1 heterocycles. The molecular formula is C9H10BNO3. The molecular weight excluding hydrogens is 181 g/mol. The number of fused-ring (bicyclic) bond motifs is 1. The van der Waals surface area contributed by atoms with Crippen molar-refractivity contribution in [1.29, 1.82) is 0 Å². The van der Waals surface area contributed by atoms with Gasteiger partial charge < -0.3 is 15.3 Å². The van der Waals surface area contributed by atoms with Crippen LogP contribution in [0.4, 0.5) is 0 Å². The van der Waals surface area contributed by atoms with Gasteiger partial charge in [-0.25, -0.2) is 0 Å². The maximum absolute atomic E-state index is 9.55. The van der Waals surface area contributed by atoms with Crippen LogP contribution in [0.3, 0.4) is 0 Å². The van der Waals surface area contributed by atoms with Crippen molar-refractivity contribution in [3.8, 4) is 0 Å². The molecule has 5 heteroatoms. The Morgan fingerprint density at radius 3 is 2.57 bits per heavy atom. The minimum atomic E-state index is -1.66. The predicted octanol–water partition coefficient (Wildman–Crippen LogP) is -0.133. The van der Waals surface area contributed by atoms with Gasteiger partial charge in [0.2, 0.25) is 0 Å². The monoisotopic (exact) mass is 191 g/mol. The second kappa shape index (κ2) is 3.04. The number of benzene rings is 1. The highest BCUT2D eigenvalue weighted by Crippen LogP contribution is 2.14. The highest BCUT2D eigenvalue weighted by Gasteiger charge is 2.19. The molecule has 0 amide bonds. The van der Waals surface area contributed by atoms with Crippen LogP contribution in [0.1, 0.15) is 5.56 Å². The molecule has 3 N–H and O–H groups in total. The summed E-state index contributed by atoms with van der Waals surface area (Å²) in [6, 6.07) is 7.00. The zero-order chi connectivity index (χ0) is 10.3. The van der Waals surface area contributed by atoms with E-state index in [4.69, 9.17) is 10.0 Å². The average Bonchev–Trinajstić information content (AvgIpc) is 2.43. The van der Waals surface area contributed by atoms with Crippen molar-refractivity contribution in [2.75, 3.05) is 0 Å². The standard InChI is InChI=1S/C9H10BNO3/c1-6-2-3-8-7(4-6)5-9(10(12)13)11(8)14/h2-5,12-14H,1H3. The number of hydrogen-bond acceptors (Lipinski definition) is 3. The van der Waals surface area contributed by atoms with Gasteiger partial charge >= 0.3 is 7.12 Å². The van der Waals surface area contributed by atoms with Crippen LogP contribution in [0.15, 0.2) is 24.3 Å². The van der Waals surface area contributed by atoms with Crippen LogP contribution in [0.5, 0.6) is 0 Å². The third kappa shape index (κ3) is 1.27. The first kappa shape index (κ1) is 9.11. The van der Waals surface area contributed by atoms with E-state index in [0.29, 0.717) is 5.52 Å². The molecule has 0 fully saturated rings. The number of nitrogens with zero attached hydrogens (tertiary/aromatic N) is 1. The maximum Gasteiger partial charge on any atom is 0.509 e. The molecule has 0 aliphatic heterocycles. The summed E-state index contributed by atoms with van der Waals surface area (Å²) in [7, 11) is -1.66. The van der Waals surface area contributed by atoms with Gasteiger partial charge in [0.25, 0.3) is 0 Å². The lowest BCUT2D eigenvalue weighted by molar-refractivity contribution is 0.205. The fraction of sp³-hybridized carbons (Fsp3) is 0.111. The predicted molar refractivity (Wildman–Crippen MR) is 53.7 cm³/mol. The van der Waals surface area contributed by atoms with Crippen molar-refractivity contribution in [3.63, 3.8) is 0 Å². The van der Waals surface area contributed by atoms with Gasteiger partial charge in [-0.15, -0.1) is 0 Å². The summed E-state index contributed by atoms with van der Waals surface area (Å²) in [6.45, 7) is 1.93. The number of aromatic nitrogens is 1. The van der Waals surface area contributed by atoms with Gasteiger partial charge in [-0.05, 0) is 25.1 Å². The molecule has 0 aliphatic rings. The lowest BCUT2D eigenvalue weighted by atomic mass is 9.86. The van der Waals surface area contributed by atoms with Gasteiger partial charge in [0.05, 0.1) is 11.1 Å². The minimum Gasteiger partial charge on any atom is -0.429 e. The van der Waals surface area contributed by atoms with Crippen LogP contribution in [0.2, 0.25) is 0 Å². The second-order valence-corrected chi connectivity index (χ2v) is 3.32. The van der Waals surface area contributed by atoms with Crippen molar-refractivity contribution in [2.24, 2.45) is 0 Å². The minimum absolute atomic E-state index is 0.0746. The van der Waals surface area contributed by atoms with E-state index in [1.165, 1.54) is 0 Å². The third-order valence-electron chi connectivity index (χ3n) is 2.22. The second-order valence-electron chi connectivity index (χ2n) is 3.32. The van der Waals surface area contributed by atoms with Crippen LogP contribution in [0, 0.1) is 6.92 Å².